The molecule has 1 fully saturated rings. The fraction of sp³-hybridized carbons (Fsp3) is 0.190. The molecule has 2 aromatic heterocycles. The molecular weight excluding hydrogens is 386 g/mol. The van der Waals surface area contributed by atoms with Crippen molar-refractivity contribution in [2.24, 2.45) is 0 Å². The van der Waals surface area contributed by atoms with Crippen molar-refractivity contribution in [3.63, 3.8) is 0 Å². The summed E-state index contributed by atoms with van der Waals surface area (Å²) in [5, 5.41) is 16.3. The standard InChI is InChI=1S/C21H19N5S2/c1-3-7-16(8-4-1)22-20-23-17(13-27-20)14-28-21-25-24-19(15-11-12-15)26(21)18-9-5-2-6-10-18/h1-10,13,15H,11-12,14H2,(H,22,23). The molecule has 0 spiro atoms. The van der Waals surface area contributed by atoms with Gasteiger partial charge >= 0.3 is 0 Å². The summed E-state index contributed by atoms with van der Waals surface area (Å²) < 4.78 is 2.21. The van der Waals surface area contributed by atoms with Crippen molar-refractivity contribution in [2.75, 3.05) is 5.32 Å². The molecule has 0 unspecified atom stereocenters. The first-order valence-corrected chi connectivity index (χ1v) is 11.1. The molecule has 0 aliphatic heterocycles. The fourth-order valence-electron chi connectivity index (χ4n) is 3.01. The van der Waals surface area contributed by atoms with Gasteiger partial charge < -0.3 is 5.32 Å². The number of para-hydroxylation sites is 2. The van der Waals surface area contributed by atoms with Crippen LogP contribution in [0.2, 0.25) is 0 Å². The lowest BCUT2D eigenvalue weighted by Crippen LogP contribution is -2.01. The summed E-state index contributed by atoms with van der Waals surface area (Å²) in [6.45, 7) is 0. The molecule has 1 aliphatic rings. The lowest BCUT2D eigenvalue weighted by molar-refractivity contribution is 0.829. The largest absolute Gasteiger partial charge is 0.332 e. The van der Waals surface area contributed by atoms with Crippen molar-refractivity contribution >= 4 is 33.9 Å². The highest BCUT2D eigenvalue weighted by atomic mass is 32.2. The van der Waals surface area contributed by atoms with Crippen LogP contribution in [0.3, 0.4) is 0 Å². The number of benzene rings is 2. The van der Waals surface area contributed by atoms with Crippen molar-refractivity contribution in [1.82, 2.24) is 19.7 Å². The van der Waals surface area contributed by atoms with Crippen LogP contribution in [-0.2, 0) is 5.75 Å². The zero-order valence-electron chi connectivity index (χ0n) is 15.2. The van der Waals surface area contributed by atoms with Gasteiger partial charge in [-0.1, -0.05) is 48.2 Å². The minimum atomic E-state index is 0.544. The number of hydrogen-bond acceptors (Lipinski definition) is 6. The van der Waals surface area contributed by atoms with E-state index in [0.717, 1.165) is 38.9 Å². The normalized spacial score (nSPS) is 13.6. The Labute approximate surface area is 171 Å². The summed E-state index contributed by atoms with van der Waals surface area (Å²) in [4.78, 5) is 4.71. The predicted molar refractivity (Wildman–Crippen MR) is 115 cm³/mol. The molecule has 1 aliphatic carbocycles. The molecule has 5 rings (SSSR count). The summed E-state index contributed by atoms with van der Waals surface area (Å²) in [5.74, 6) is 2.39. The maximum Gasteiger partial charge on any atom is 0.196 e. The van der Waals surface area contributed by atoms with Gasteiger partial charge in [0.1, 0.15) is 5.82 Å². The van der Waals surface area contributed by atoms with Crippen LogP contribution in [0.5, 0.6) is 0 Å². The van der Waals surface area contributed by atoms with E-state index in [1.54, 1.807) is 23.1 Å². The molecular formula is C21H19N5S2. The van der Waals surface area contributed by atoms with Gasteiger partial charge in [0.2, 0.25) is 0 Å². The van der Waals surface area contributed by atoms with E-state index in [4.69, 9.17) is 4.98 Å². The topological polar surface area (TPSA) is 55.6 Å². The number of thioether (sulfide) groups is 1. The molecule has 4 aromatic rings. The van der Waals surface area contributed by atoms with Gasteiger partial charge in [-0.2, -0.15) is 0 Å². The smallest absolute Gasteiger partial charge is 0.196 e. The van der Waals surface area contributed by atoms with Crippen molar-refractivity contribution in [2.45, 2.75) is 29.7 Å². The van der Waals surface area contributed by atoms with Gasteiger partial charge in [0.05, 0.1) is 5.69 Å². The SMILES string of the molecule is c1ccc(Nc2nc(CSc3nnc(C4CC4)n3-c3ccccc3)cs2)cc1. The zero-order valence-corrected chi connectivity index (χ0v) is 16.8. The van der Waals surface area contributed by atoms with Crippen LogP contribution in [0, 0.1) is 0 Å². The highest BCUT2D eigenvalue weighted by Gasteiger charge is 2.31. The number of nitrogens with zero attached hydrogens (tertiary/aromatic N) is 4. The van der Waals surface area contributed by atoms with E-state index in [1.807, 2.05) is 36.4 Å². The average Bonchev–Trinajstić information content (AvgIpc) is 3.34. The van der Waals surface area contributed by atoms with E-state index in [1.165, 1.54) is 12.8 Å². The lowest BCUT2D eigenvalue weighted by atomic mass is 10.3. The first kappa shape index (κ1) is 17.5. The quantitative estimate of drug-likeness (QED) is 0.403. The second kappa shape index (κ2) is 7.77. The molecule has 140 valence electrons. The Morgan fingerprint density at radius 3 is 2.50 bits per heavy atom. The Morgan fingerprint density at radius 2 is 1.75 bits per heavy atom. The van der Waals surface area contributed by atoms with E-state index in [-0.39, 0.29) is 0 Å². The Bertz CT molecular complexity index is 1050. The molecule has 2 aromatic carbocycles. The van der Waals surface area contributed by atoms with Crippen molar-refractivity contribution in [3.8, 4) is 5.69 Å². The summed E-state index contributed by atoms with van der Waals surface area (Å²) in [5.41, 5.74) is 3.22. The Hall–Kier alpha value is -2.64. The number of nitrogens with one attached hydrogen (secondary N) is 1. The van der Waals surface area contributed by atoms with E-state index >= 15 is 0 Å². The van der Waals surface area contributed by atoms with E-state index in [0.29, 0.717) is 5.92 Å². The number of anilines is 2. The first-order chi connectivity index (χ1) is 13.9. The van der Waals surface area contributed by atoms with Gasteiger partial charge in [0.25, 0.3) is 0 Å². The molecule has 0 radical (unpaired) electrons. The molecule has 0 atom stereocenters. The molecule has 5 nitrogen and oxygen atoms in total. The maximum absolute atomic E-state index is 4.71. The minimum absolute atomic E-state index is 0.544. The van der Waals surface area contributed by atoms with Crippen LogP contribution in [0.1, 0.15) is 30.3 Å². The van der Waals surface area contributed by atoms with Crippen LogP contribution in [0.15, 0.2) is 71.2 Å². The number of thiazole rings is 1. The highest BCUT2D eigenvalue weighted by molar-refractivity contribution is 7.98. The second-order valence-corrected chi connectivity index (χ2v) is 8.51. The first-order valence-electron chi connectivity index (χ1n) is 9.27. The molecule has 28 heavy (non-hydrogen) atoms. The maximum atomic E-state index is 4.71. The number of hydrogen-bond donors (Lipinski definition) is 1. The Balaban J connectivity index is 1.32. The number of aromatic nitrogens is 4. The monoisotopic (exact) mass is 405 g/mol. The average molecular weight is 406 g/mol. The molecule has 0 amide bonds. The fourth-order valence-corrected chi connectivity index (χ4v) is 4.70. The van der Waals surface area contributed by atoms with Gasteiger partial charge in [-0.25, -0.2) is 4.98 Å². The van der Waals surface area contributed by atoms with E-state index in [9.17, 15) is 0 Å². The highest BCUT2D eigenvalue weighted by Crippen LogP contribution is 2.41. The molecule has 1 saturated carbocycles. The van der Waals surface area contributed by atoms with Crippen LogP contribution in [0.4, 0.5) is 10.8 Å². The molecule has 1 N–H and O–H groups in total. The van der Waals surface area contributed by atoms with Gasteiger partial charge in [0.15, 0.2) is 10.3 Å². The van der Waals surface area contributed by atoms with Gasteiger partial charge in [-0.05, 0) is 37.1 Å². The summed E-state index contributed by atoms with van der Waals surface area (Å²) in [7, 11) is 0. The summed E-state index contributed by atoms with van der Waals surface area (Å²) in [6.07, 6.45) is 2.41. The van der Waals surface area contributed by atoms with Crippen molar-refractivity contribution in [1.29, 1.82) is 0 Å². The third-order valence-electron chi connectivity index (χ3n) is 4.54. The molecule has 7 heteroatoms. The minimum Gasteiger partial charge on any atom is -0.332 e. The summed E-state index contributed by atoms with van der Waals surface area (Å²) in [6, 6.07) is 20.5. The zero-order chi connectivity index (χ0) is 18.8. The van der Waals surface area contributed by atoms with Crippen molar-refractivity contribution in [3.05, 3.63) is 77.6 Å². The molecule has 0 saturated heterocycles. The number of rotatable bonds is 7. The van der Waals surface area contributed by atoms with Gasteiger partial charge in [-0.15, -0.1) is 21.5 Å². The van der Waals surface area contributed by atoms with Crippen LogP contribution >= 0.6 is 23.1 Å². The van der Waals surface area contributed by atoms with Crippen LogP contribution < -0.4 is 5.32 Å². The molecule has 2 heterocycles. The van der Waals surface area contributed by atoms with E-state index < -0.39 is 0 Å². The summed E-state index contributed by atoms with van der Waals surface area (Å²) >= 11 is 3.31. The third kappa shape index (κ3) is 3.81. The Morgan fingerprint density at radius 1 is 1.00 bits per heavy atom. The van der Waals surface area contributed by atoms with Gasteiger partial charge in [-0.3, -0.25) is 4.57 Å². The third-order valence-corrected chi connectivity index (χ3v) is 6.31. The van der Waals surface area contributed by atoms with Crippen LogP contribution in [-0.4, -0.2) is 19.7 Å². The molecule has 0 bridgehead atoms. The van der Waals surface area contributed by atoms with Crippen molar-refractivity contribution < 1.29 is 0 Å². The Kier molecular flexibility index (Phi) is 4.85. The van der Waals surface area contributed by atoms with E-state index in [2.05, 4.69) is 49.7 Å². The lowest BCUT2D eigenvalue weighted by Gasteiger charge is -2.09. The van der Waals surface area contributed by atoms with Crippen LogP contribution in [0.25, 0.3) is 5.69 Å². The van der Waals surface area contributed by atoms with Gasteiger partial charge in [0, 0.05) is 28.4 Å². The predicted octanol–water partition coefficient (Wildman–Crippen LogP) is 5.64. The second-order valence-electron chi connectivity index (χ2n) is 6.71.